The molecule has 186 valence electrons. The number of rotatable bonds is 11. The minimum Gasteiger partial charge on any atom is -0.497 e. The molecule has 0 bridgehead atoms. The lowest BCUT2D eigenvalue weighted by atomic mass is 10.0. The lowest BCUT2D eigenvalue weighted by Gasteiger charge is -2.40. The Morgan fingerprint density at radius 1 is 0.657 bits per heavy atom. The van der Waals surface area contributed by atoms with Gasteiger partial charge in [0, 0.05) is 0 Å². The van der Waals surface area contributed by atoms with E-state index in [2.05, 4.69) is 0 Å². The topological polar surface area (TPSA) is 75.6 Å². The van der Waals surface area contributed by atoms with Crippen LogP contribution in [0.4, 0.5) is 0 Å². The summed E-state index contributed by atoms with van der Waals surface area (Å²) in [6, 6.07) is 25.2. The zero-order valence-electron chi connectivity index (χ0n) is 20.0. The van der Waals surface area contributed by atoms with Gasteiger partial charge >= 0.3 is 0 Å². The van der Waals surface area contributed by atoms with E-state index in [9.17, 15) is 5.11 Å². The summed E-state index contributed by atoms with van der Waals surface area (Å²) in [4.78, 5) is 0. The Morgan fingerprint density at radius 3 is 1.69 bits per heavy atom. The van der Waals surface area contributed by atoms with Gasteiger partial charge in [0.25, 0.3) is 0 Å². The third-order valence-corrected chi connectivity index (χ3v) is 5.91. The van der Waals surface area contributed by atoms with Crippen molar-refractivity contribution in [2.24, 2.45) is 0 Å². The van der Waals surface area contributed by atoms with Crippen LogP contribution in [-0.2, 0) is 38.8 Å². The summed E-state index contributed by atoms with van der Waals surface area (Å²) in [5.41, 5.74) is 2.96. The van der Waals surface area contributed by atoms with Crippen LogP contribution in [0, 0.1) is 0 Å². The van der Waals surface area contributed by atoms with Crippen molar-refractivity contribution in [1.82, 2.24) is 0 Å². The first-order valence-electron chi connectivity index (χ1n) is 11.6. The Bertz CT molecular complexity index is 1010. The Labute approximate surface area is 206 Å². The van der Waals surface area contributed by atoms with E-state index in [4.69, 9.17) is 28.4 Å². The van der Waals surface area contributed by atoms with E-state index >= 15 is 0 Å². The van der Waals surface area contributed by atoms with Crippen molar-refractivity contribution >= 4 is 0 Å². The maximum atomic E-state index is 10.6. The third-order valence-electron chi connectivity index (χ3n) is 5.91. The number of hydrogen-bond donors (Lipinski definition) is 1. The minimum atomic E-state index is -1.12. The molecule has 35 heavy (non-hydrogen) atoms. The van der Waals surface area contributed by atoms with Gasteiger partial charge in [0.15, 0.2) is 6.29 Å². The fraction of sp³-hybridized carbons (Fsp3) is 0.357. The number of aliphatic hydroxyl groups is 1. The van der Waals surface area contributed by atoms with Crippen molar-refractivity contribution in [1.29, 1.82) is 0 Å². The standard InChI is InChI=1S/C28H32O7/c1-30-23-12-8-21(9-13-23)16-32-25-19-35-28(29)27(34-17-20-6-4-3-5-7-20)26(25)33-18-22-10-14-24(31-2)15-11-22/h3-15,25-29H,16-19H2,1-2H3/t25-,26+,27-,28?/m1/s1. The summed E-state index contributed by atoms with van der Waals surface area (Å²) < 4.78 is 34.7. The molecular weight excluding hydrogens is 448 g/mol. The van der Waals surface area contributed by atoms with Gasteiger partial charge < -0.3 is 33.5 Å². The monoisotopic (exact) mass is 480 g/mol. The first-order valence-corrected chi connectivity index (χ1v) is 11.6. The van der Waals surface area contributed by atoms with Gasteiger partial charge in [-0.25, -0.2) is 0 Å². The smallest absolute Gasteiger partial charge is 0.183 e. The van der Waals surface area contributed by atoms with Crippen molar-refractivity contribution in [2.75, 3.05) is 20.8 Å². The van der Waals surface area contributed by atoms with Gasteiger partial charge in [0.1, 0.15) is 29.8 Å². The largest absolute Gasteiger partial charge is 0.497 e. The molecule has 0 aliphatic carbocycles. The van der Waals surface area contributed by atoms with E-state index in [1.807, 2.05) is 78.9 Å². The molecule has 0 saturated carbocycles. The summed E-state index contributed by atoms with van der Waals surface area (Å²) in [6.07, 6.45) is -2.81. The van der Waals surface area contributed by atoms with Gasteiger partial charge in [-0.1, -0.05) is 54.6 Å². The zero-order chi connectivity index (χ0) is 24.5. The lowest BCUT2D eigenvalue weighted by Crippen LogP contribution is -2.56. The molecule has 0 spiro atoms. The molecule has 7 nitrogen and oxygen atoms in total. The van der Waals surface area contributed by atoms with E-state index in [-0.39, 0.29) is 6.61 Å². The second kappa shape index (κ2) is 12.7. The Morgan fingerprint density at radius 2 is 1.14 bits per heavy atom. The fourth-order valence-corrected chi connectivity index (χ4v) is 3.89. The van der Waals surface area contributed by atoms with Crippen molar-refractivity contribution in [3.8, 4) is 11.5 Å². The second-order valence-electron chi connectivity index (χ2n) is 8.31. The molecule has 1 saturated heterocycles. The molecule has 1 heterocycles. The van der Waals surface area contributed by atoms with E-state index in [1.165, 1.54) is 0 Å². The molecule has 0 amide bonds. The van der Waals surface area contributed by atoms with Crippen molar-refractivity contribution in [2.45, 2.75) is 44.4 Å². The highest BCUT2D eigenvalue weighted by Crippen LogP contribution is 2.26. The summed E-state index contributed by atoms with van der Waals surface area (Å²) >= 11 is 0. The molecule has 3 aromatic rings. The zero-order valence-corrected chi connectivity index (χ0v) is 20.0. The SMILES string of the molecule is COc1ccc(CO[C@H]2[C@H](OCc3ccc(OC)cc3)COC(O)[C@@H]2OCc2ccccc2)cc1. The van der Waals surface area contributed by atoms with Crippen LogP contribution in [0.15, 0.2) is 78.9 Å². The predicted molar refractivity (Wildman–Crippen MR) is 130 cm³/mol. The van der Waals surface area contributed by atoms with Crippen LogP contribution in [0.5, 0.6) is 11.5 Å². The quantitative estimate of drug-likeness (QED) is 0.443. The van der Waals surface area contributed by atoms with Crippen LogP contribution in [-0.4, -0.2) is 50.5 Å². The van der Waals surface area contributed by atoms with E-state index in [0.29, 0.717) is 19.8 Å². The van der Waals surface area contributed by atoms with Crippen molar-refractivity contribution in [3.63, 3.8) is 0 Å². The Hall–Kier alpha value is -2.94. The molecule has 0 aromatic heterocycles. The van der Waals surface area contributed by atoms with Crippen molar-refractivity contribution in [3.05, 3.63) is 95.6 Å². The molecule has 4 rings (SSSR count). The molecule has 0 radical (unpaired) electrons. The second-order valence-corrected chi connectivity index (χ2v) is 8.31. The molecule has 4 atom stereocenters. The average Bonchev–Trinajstić information content (AvgIpc) is 2.92. The van der Waals surface area contributed by atoms with Crippen LogP contribution in [0.25, 0.3) is 0 Å². The minimum absolute atomic E-state index is 0.190. The van der Waals surface area contributed by atoms with Crippen LogP contribution < -0.4 is 9.47 Å². The summed E-state index contributed by atoms with van der Waals surface area (Å²) in [7, 11) is 3.27. The highest BCUT2D eigenvalue weighted by Gasteiger charge is 2.42. The highest BCUT2D eigenvalue weighted by atomic mass is 16.7. The molecule has 1 unspecified atom stereocenters. The van der Waals surface area contributed by atoms with Crippen molar-refractivity contribution < 1.29 is 33.5 Å². The van der Waals surface area contributed by atoms with Crippen LogP contribution >= 0.6 is 0 Å². The first kappa shape index (κ1) is 25.2. The maximum Gasteiger partial charge on any atom is 0.183 e. The van der Waals surface area contributed by atoms with E-state index in [0.717, 1.165) is 28.2 Å². The lowest BCUT2D eigenvalue weighted by molar-refractivity contribution is -0.286. The fourth-order valence-electron chi connectivity index (χ4n) is 3.89. The molecule has 1 aliphatic heterocycles. The molecule has 1 aliphatic rings. The van der Waals surface area contributed by atoms with Crippen LogP contribution in [0.3, 0.4) is 0 Å². The number of aliphatic hydroxyl groups excluding tert-OH is 1. The van der Waals surface area contributed by atoms with Crippen LogP contribution in [0.2, 0.25) is 0 Å². The first-order chi connectivity index (χ1) is 17.2. The molecular formula is C28H32O7. The predicted octanol–water partition coefficient (Wildman–Crippen LogP) is 4.11. The Balaban J connectivity index is 1.46. The van der Waals surface area contributed by atoms with E-state index < -0.39 is 24.6 Å². The Kier molecular flexibility index (Phi) is 9.11. The number of methoxy groups -OCH3 is 2. The van der Waals surface area contributed by atoms with Gasteiger partial charge in [0.2, 0.25) is 0 Å². The van der Waals surface area contributed by atoms with Gasteiger partial charge in [0.05, 0.1) is 40.6 Å². The van der Waals surface area contributed by atoms with E-state index in [1.54, 1.807) is 14.2 Å². The molecule has 1 N–H and O–H groups in total. The van der Waals surface area contributed by atoms with Crippen LogP contribution in [0.1, 0.15) is 16.7 Å². The number of ether oxygens (including phenoxy) is 6. The summed E-state index contributed by atoms with van der Waals surface area (Å²) in [5.74, 6) is 1.56. The van der Waals surface area contributed by atoms with Gasteiger partial charge in [-0.15, -0.1) is 0 Å². The maximum absolute atomic E-state index is 10.6. The van der Waals surface area contributed by atoms with Gasteiger partial charge in [-0.2, -0.15) is 0 Å². The number of hydrogen-bond acceptors (Lipinski definition) is 7. The molecule has 1 fully saturated rings. The van der Waals surface area contributed by atoms with Gasteiger partial charge in [-0.05, 0) is 41.0 Å². The van der Waals surface area contributed by atoms with Gasteiger partial charge in [-0.3, -0.25) is 0 Å². The third kappa shape index (κ3) is 7.04. The normalized spacial score (nSPS) is 22.0. The highest BCUT2D eigenvalue weighted by molar-refractivity contribution is 5.27. The molecule has 7 heteroatoms. The summed E-state index contributed by atoms with van der Waals surface area (Å²) in [5, 5.41) is 10.6. The number of benzene rings is 3. The summed E-state index contributed by atoms with van der Waals surface area (Å²) in [6.45, 7) is 1.20. The average molecular weight is 481 g/mol. The molecule has 3 aromatic carbocycles.